The second kappa shape index (κ2) is 6.76. The van der Waals surface area contributed by atoms with Crippen molar-refractivity contribution < 1.29 is 30.9 Å². The lowest BCUT2D eigenvalue weighted by Crippen LogP contribution is -3.00. The molecular formula is C9H22BrNO2. The summed E-state index contributed by atoms with van der Waals surface area (Å²) >= 11 is 0. The van der Waals surface area contributed by atoms with Gasteiger partial charge in [-0.25, -0.2) is 0 Å². The van der Waals surface area contributed by atoms with E-state index in [4.69, 9.17) is 9.47 Å². The number of hydrogen-bond donors (Lipinski definition) is 0. The van der Waals surface area contributed by atoms with Gasteiger partial charge in [0.2, 0.25) is 0 Å². The van der Waals surface area contributed by atoms with Crippen LogP contribution in [0.5, 0.6) is 0 Å². The number of ether oxygens (including phenoxy) is 2. The SMILES string of the molecule is CC[N+](C)(C)C(C)OC(C)OC.[Br-]. The Morgan fingerprint density at radius 3 is 2.00 bits per heavy atom. The van der Waals surface area contributed by atoms with Gasteiger partial charge in [0.05, 0.1) is 20.6 Å². The molecule has 0 N–H and O–H groups in total. The largest absolute Gasteiger partial charge is 1.00 e. The van der Waals surface area contributed by atoms with E-state index in [1.807, 2.05) is 6.92 Å². The van der Waals surface area contributed by atoms with Crippen molar-refractivity contribution in [3.8, 4) is 0 Å². The quantitative estimate of drug-likeness (QED) is 0.437. The molecule has 4 heteroatoms. The fourth-order valence-electron chi connectivity index (χ4n) is 0.755. The van der Waals surface area contributed by atoms with E-state index in [-0.39, 0.29) is 29.5 Å². The summed E-state index contributed by atoms with van der Waals surface area (Å²) in [7, 11) is 5.95. The van der Waals surface area contributed by atoms with Crippen LogP contribution in [-0.2, 0) is 9.47 Å². The lowest BCUT2D eigenvalue weighted by molar-refractivity contribution is -0.935. The summed E-state index contributed by atoms with van der Waals surface area (Å²) in [4.78, 5) is 0. The van der Waals surface area contributed by atoms with Crippen LogP contribution in [0.2, 0.25) is 0 Å². The molecule has 0 radical (unpaired) electrons. The summed E-state index contributed by atoms with van der Waals surface area (Å²) < 4.78 is 11.5. The second-order valence-corrected chi connectivity index (χ2v) is 3.63. The van der Waals surface area contributed by atoms with Gasteiger partial charge in [0, 0.05) is 14.0 Å². The Kier molecular flexibility index (Phi) is 8.23. The number of hydrogen-bond acceptors (Lipinski definition) is 2. The summed E-state index contributed by atoms with van der Waals surface area (Å²) in [6.07, 6.45) is 0.0499. The highest BCUT2D eigenvalue weighted by molar-refractivity contribution is 4.36. The highest BCUT2D eigenvalue weighted by atomic mass is 79.9. The van der Waals surface area contributed by atoms with Crippen LogP contribution in [0.15, 0.2) is 0 Å². The lowest BCUT2D eigenvalue weighted by atomic mass is 10.4. The molecule has 0 spiro atoms. The minimum absolute atomic E-state index is 0. The van der Waals surface area contributed by atoms with Crippen LogP contribution in [0.3, 0.4) is 0 Å². The van der Waals surface area contributed by atoms with Crippen LogP contribution in [0.1, 0.15) is 20.8 Å². The maximum absolute atomic E-state index is 5.61. The third-order valence-corrected chi connectivity index (χ3v) is 2.52. The van der Waals surface area contributed by atoms with E-state index in [0.29, 0.717) is 0 Å². The molecule has 2 unspecified atom stereocenters. The Morgan fingerprint density at radius 1 is 1.23 bits per heavy atom. The smallest absolute Gasteiger partial charge is 0.192 e. The number of halogens is 1. The first-order valence-corrected chi connectivity index (χ1v) is 4.45. The van der Waals surface area contributed by atoms with Crippen molar-refractivity contribution in [2.24, 2.45) is 0 Å². The van der Waals surface area contributed by atoms with Gasteiger partial charge in [-0.15, -0.1) is 0 Å². The van der Waals surface area contributed by atoms with E-state index in [1.165, 1.54) is 0 Å². The third-order valence-electron chi connectivity index (χ3n) is 2.52. The van der Waals surface area contributed by atoms with E-state index in [1.54, 1.807) is 7.11 Å². The second-order valence-electron chi connectivity index (χ2n) is 3.63. The number of methoxy groups -OCH3 is 1. The summed E-state index contributed by atoms with van der Waals surface area (Å²) in [5.74, 6) is 0. The van der Waals surface area contributed by atoms with Gasteiger partial charge >= 0.3 is 0 Å². The molecule has 0 aliphatic heterocycles. The Bertz CT molecular complexity index is 131. The predicted octanol–water partition coefficient (Wildman–Crippen LogP) is -1.56. The minimum atomic E-state index is -0.121. The zero-order chi connectivity index (χ0) is 9.78. The molecule has 0 rings (SSSR count). The minimum Gasteiger partial charge on any atom is -1.00 e. The van der Waals surface area contributed by atoms with Gasteiger partial charge in [-0.3, -0.25) is 0 Å². The molecule has 13 heavy (non-hydrogen) atoms. The zero-order valence-corrected chi connectivity index (χ0v) is 11.1. The number of quaternary nitrogens is 1. The highest BCUT2D eigenvalue weighted by Gasteiger charge is 2.23. The predicted molar refractivity (Wildman–Crippen MR) is 49.7 cm³/mol. The van der Waals surface area contributed by atoms with E-state index in [2.05, 4.69) is 27.9 Å². The molecule has 3 nitrogen and oxygen atoms in total. The van der Waals surface area contributed by atoms with Crippen molar-refractivity contribution in [2.45, 2.75) is 33.3 Å². The summed E-state index contributed by atoms with van der Waals surface area (Å²) in [5.41, 5.74) is 0. The molecule has 0 aromatic heterocycles. The zero-order valence-electron chi connectivity index (χ0n) is 9.50. The maximum atomic E-state index is 5.61. The molecule has 2 atom stereocenters. The van der Waals surface area contributed by atoms with E-state index < -0.39 is 0 Å². The van der Waals surface area contributed by atoms with Crippen LogP contribution in [0, 0.1) is 0 Å². The first-order chi connectivity index (χ1) is 5.44. The van der Waals surface area contributed by atoms with Gasteiger partial charge in [-0.1, -0.05) is 0 Å². The van der Waals surface area contributed by atoms with Crippen LogP contribution in [0.25, 0.3) is 0 Å². The van der Waals surface area contributed by atoms with E-state index in [0.717, 1.165) is 11.0 Å². The topological polar surface area (TPSA) is 18.5 Å². The van der Waals surface area contributed by atoms with E-state index in [9.17, 15) is 0 Å². The van der Waals surface area contributed by atoms with Gasteiger partial charge in [-0.2, -0.15) is 0 Å². The van der Waals surface area contributed by atoms with Crippen molar-refractivity contribution in [1.82, 2.24) is 0 Å². The molecular weight excluding hydrogens is 234 g/mol. The fraction of sp³-hybridized carbons (Fsp3) is 1.00. The molecule has 0 aliphatic rings. The van der Waals surface area contributed by atoms with Gasteiger partial charge < -0.3 is 30.9 Å². The van der Waals surface area contributed by atoms with Gasteiger partial charge in [0.1, 0.15) is 0 Å². The molecule has 0 amide bonds. The van der Waals surface area contributed by atoms with Crippen molar-refractivity contribution in [3.05, 3.63) is 0 Å². The molecule has 0 saturated heterocycles. The number of rotatable bonds is 5. The summed E-state index contributed by atoms with van der Waals surface area (Å²) in [6.45, 7) is 7.18. The van der Waals surface area contributed by atoms with Crippen molar-refractivity contribution in [3.63, 3.8) is 0 Å². The molecule has 0 heterocycles. The molecule has 0 saturated carbocycles. The molecule has 0 aromatic rings. The standard InChI is InChI=1S/C9H22NO2.BrH/c1-7-10(4,5)8(2)12-9(3)11-6;/h8-9H,7H2,1-6H3;1H/q+1;/p-1. The number of nitrogens with zero attached hydrogens (tertiary/aromatic N) is 1. The van der Waals surface area contributed by atoms with Crippen molar-refractivity contribution >= 4 is 0 Å². The average molecular weight is 256 g/mol. The van der Waals surface area contributed by atoms with Crippen molar-refractivity contribution in [2.75, 3.05) is 27.7 Å². The van der Waals surface area contributed by atoms with E-state index >= 15 is 0 Å². The Hall–Kier alpha value is 0.360. The summed E-state index contributed by atoms with van der Waals surface area (Å²) in [6, 6.07) is 0. The third kappa shape index (κ3) is 5.62. The maximum Gasteiger partial charge on any atom is 0.192 e. The van der Waals surface area contributed by atoms with Gasteiger partial charge in [0.15, 0.2) is 12.5 Å². The molecule has 0 fully saturated rings. The lowest BCUT2D eigenvalue weighted by Gasteiger charge is -2.35. The highest BCUT2D eigenvalue weighted by Crippen LogP contribution is 2.09. The first kappa shape index (κ1) is 15.8. The normalized spacial score (nSPS) is 16.2. The van der Waals surface area contributed by atoms with Crippen LogP contribution < -0.4 is 17.0 Å². The van der Waals surface area contributed by atoms with Gasteiger partial charge in [-0.05, 0) is 13.8 Å². The van der Waals surface area contributed by atoms with Crippen LogP contribution >= 0.6 is 0 Å². The Morgan fingerprint density at radius 2 is 1.69 bits per heavy atom. The Balaban J connectivity index is 0. The molecule has 82 valence electrons. The fourth-order valence-corrected chi connectivity index (χ4v) is 0.755. The molecule has 0 bridgehead atoms. The van der Waals surface area contributed by atoms with Gasteiger partial charge in [0.25, 0.3) is 0 Å². The molecule has 0 aliphatic carbocycles. The van der Waals surface area contributed by atoms with Crippen molar-refractivity contribution in [1.29, 1.82) is 0 Å². The van der Waals surface area contributed by atoms with Crippen LogP contribution in [0.4, 0.5) is 0 Å². The Labute approximate surface area is 92.4 Å². The monoisotopic (exact) mass is 255 g/mol. The van der Waals surface area contributed by atoms with Crippen LogP contribution in [-0.4, -0.2) is 44.8 Å². The average Bonchev–Trinajstić information content (AvgIpc) is 2.04. The first-order valence-electron chi connectivity index (χ1n) is 4.45. The summed E-state index contributed by atoms with van der Waals surface area (Å²) in [5, 5.41) is 0. The molecule has 0 aromatic carbocycles.